The second kappa shape index (κ2) is 5.01. The third-order valence-corrected chi connectivity index (χ3v) is 2.29. The summed E-state index contributed by atoms with van der Waals surface area (Å²) in [4.78, 5) is 11.6. The fourth-order valence-electron chi connectivity index (χ4n) is 1.30. The molecule has 0 radical (unpaired) electrons. The van der Waals surface area contributed by atoms with E-state index in [9.17, 15) is 9.90 Å². The molecule has 0 saturated heterocycles. The Kier molecular flexibility index (Phi) is 3.93. The maximum absolute atomic E-state index is 11.6. The minimum atomic E-state index is -0.348. The van der Waals surface area contributed by atoms with E-state index in [0.29, 0.717) is 6.54 Å². The van der Waals surface area contributed by atoms with Crippen molar-refractivity contribution in [3.63, 3.8) is 0 Å². The normalized spacial score (nSPS) is 11.2. The van der Waals surface area contributed by atoms with E-state index in [4.69, 9.17) is 0 Å². The number of phenols is 1. The van der Waals surface area contributed by atoms with Gasteiger partial charge in [-0.3, -0.25) is 4.79 Å². The van der Waals surface area contributed by atoms with Gasteiger partial charge in [-0.1, -0.05) is 32.9 Å². The summed E-state index contributed by atoms with van der Waals surface area (Å²) in [5.74, 6) is 0.312. The lowest BCUT2D eigenvalue weighted by atomic mass is 9.95. The van der Waals surface area contributed by atoms with Gasteiger partial charge in [0.2, 0.25) is 5.91 Å². The molecule has 0 heterocycles. The fraction of sp³-hybridized carbons (Fsp3) is 0.462. The van der Waals surface area contributed by atoms with Crippen LogP contribution in [0.15, 0.2) is 24.3 Å². The number of amides is 1. The van der Waals surface area contributed by atoms with Crippen molar-refractivity contribution in [1.82, 2.24) is 5.32 Å². The summed E-state index contributed by atoms with van der Waals surface area (Å²) in [6.45, 7) is 6.25. The molecule has 0 bridgehead atoms. The molecule has 0 unspecified atom stereocenters. The van der Waals surface area contributed by atoms with Gasteiger partial charge in [0.05, 0.1) is 0 Å². The number of rotatable bonds is 3. The number of carbonyl (C=O) groups is 1. The molecule has 1 aromatic rings. The minimum Gasteiger partial charge on any atom is -0.508 e. The molecule has 0 fully saturated rings. The molecule has 0 atom stereocenters. The van der Waals surface area contributed by atoms with Crippen LogP contribution < -0.4 is 5.32 Å². The molecule has 3 nitrogen and oxygen atoms in total. The quantitative estimate of drug-likeness (QED) is 0.821. The maximum atomic E-state index is 11.6. The molecule has 0 spiro atoms. The summed E-state index contributed by atoms with van der Waals surface area (Å²) < 4.78 is 0. The molecule has 3 heteroatoms. The van der Waals surface area contributed by atoms with Crippen molar-refractivity contribution in [2.24, 2.45) is 5.41 Å². The third-order valence-electron chi connectivity index (χ3n) is 2.29. The van der Waals surface area contributed by atoms with Crippen molar-refractivity contribution >= 4 is 5.91 Å². The summed E-state index contributed by atoms with van der Waals surface area (Å²) in [5, 5.41) is 12.1. The Labute approximate surface area is 96.5 Å². The number of hydrogen-bond acceptors (Lipinski definition) is 2. The SMILES string of the molecule is CC(C)(C)C(=O)NCCc1cccc(O)c1. The lowest BCUT2D eigenvalue weighted by molar-refractivity contribution is -0.128. The lowest BCUT2D eigenvalue weighted by Gasteiger charge is -2.17. The van der Waals surface area contributed by atoms with Crippen molar-refractivity contribution in [1.29, 1.82) is 0 Å². The van der Waals surface area contributed by atoms with Crippen LogP contribution in [0.4, 0.5) is 0 Å². The lowest BCUT2D eigenvalue weighted by Crippen LogP contribution is -2.35. The number of carbonyl (C=O) groups excluding carboxylic acids is 1. The van der Waals surface area contributed by atoms with Gasteiger partial charge in [-0.15, -0.1) is 0 Å². The average molecular weight is 221 g/mol. The van der Waals surface area contributed by atoms with Crippen molar-refractivity contribution in [3.8, 4) is 5.75 Å². The van der Waals surface area contributed by atoms with Crippen molar-refractivity contribution in [3.05, 3.63) is 29.8 Å². The topological polar surface area (TPSA) is 49.3 Å². The Hall–Kier alpha value is -1.51. The molecule has 1 rings (SSSR count). The molecule has 2 N–H and O–H groups in total. The van der Waals surface area contributed by atoms with Crippen LogP contribution in [-0.2, 0) is 11.2 Å². The summed E-state index contributed by atoms with van der Waals surface area (Å²) in [7, 11) is 0. The van der Waals surface area contributed by atoms with Gasteiger partial charge >= 0.3 is 0 Å². The van der Waals surface area contributed by atoms with Crippen LogP contribution in [0, 0.1) is 5.41 Å². The van der Waals surface area contributed by atoms with Gasteiger partial charge in [0.25, 0.3) is 0 Å². The molecule has 0 aliphatic rings. The highest BCUT2D eigenvalue weighted by Gasteiger charge is 2.20. The Morgan fingerprint density at radius 1 is 1.38 bits per heavy atom. The van der Waals surface area contributed by atoms with Crippen molar-refractivity contribution in [2.75, 3.05) is 6.54 Å². The Balaban J connectivity index is 2.39. The van der Waals surface area contributed by atoms with Crippen LogP contribution in [0.1, 0.15) is 26.3 Å². The highest BCUT2D eigenvalue weighted by Crippen LogP contribution is 2.13. The molecule has 0 aliphatic heterocycles. The molecule has 16 heavy (non-hydrogen) atoms. The van der Waals surface area contributed by atoms with Crippen LogP contribution in [0.25, 0.3) is 0 Å². The number of nitrogens with one attached hydrogen (secondary N) is 1. The maximum Gasteiger partial charge on any atom is 0.225 e. The molecule has 0 aliphatic carbocycles. The van der Waals surface area contributed by atoms with Crippen LogP contribution in [0.3, 0.4) is 0 Å². The summed E-state index contributed by atoms with van der Waals surface area (Å²) in [5.41, 5.74) is 0.674. The largest absolute Gasteiger partial charge is 0.508 e. The molecule has 0 aromatic heterocycles. The smallest absolute Gasteiger partial charge is 0.225 e. The first-order chi connectivity index (χ1) is 7.39. The zero-order chi connectivity index (χ0) is 12.2. The summed E-state index contributed by atoms with van der Waals surface area (Å²) in [6, 6.07) is 7.08. The monoisotopic (exact) mass is 221 g/mol. The zero-order valence-electron chi connectivity index (χ0n) is 10.1. The first kappa shape index (κ1) is 12.6. The second-order valence-corrected chi connectivity index (χ2v) is 4.93. The number of aromatic hydroxyl groups is 1. The first-order valence-electron chi connectivity index (χ1n) is 5.46. The third kappa shape index (κ3) is 3.93. The summed E-state index contributed by atoms with van der Waals surface area (Å²) >= 11 is 0. The van der Waals surface area contributed by atoms with Crippen LogP contribution in [-0.4, -0.2) is 17.6 Å². The van der Waals surface area contributed by atoms with E-state index in [0.717, 1.165) is 12.0 Å². The van der Waals surface area contributed by atoms with Gasteiger partial charge < -0.3 is 10.4 Å². The molecule has 1 amide bonds. The minimum absolute atomic E-state index is 0.0488. The zero-order valence-corrected chi connectivity index (χ0v) is 10.1. The van der Waals surface area contributed by atoms with Crippen LogP contribution >= 0.6 is 0 Å². The van der Waals surface area contributed by atoms with E-state index in [1.807, 2.05) is 26.8 Å². The van der Waals surface area contributed by atoms with Gasteiger partial charge in [-0.2, -0.15) is 0 Å². The highest BCUT2D eigenvalue weighted by molar-refractivity contribution is 5.81. The van der Waals surface area contributed by atoms with E-state index in [1.54, 1.807) is 18.2 Å². The van der Waals surface area contributed by atoms with Gasteiger partial charge in [-0.05, 0) is 24.1 Å². The van der Waals surface area contributed by atoms with Gasteiger partial charge in [0.15, 0.2) is 0 Å². The average Bonchev–Trinajstić information content (AvgIpc) is 2.16. The molecule has 1 aromatic carbocycles. The summed E-state index contributed by atoms with van der Waals surface area (Å²) in [6.07, 6.45) is 0.732. The number of phenolic OH excluding ortho intramolecular Hbond substituents is 1. The highest BCUT2D eigenvalue weighted by atomic mass is 16.3. The van der Waals surface area contributed by atoms with Crippen molar-refractivity contribution in [2.45, 2.75) is 27.2 Å². The van der Waals surface area contributed by atoms with E-state index in [2.05, 4.69) is 5.32 Å². The predicted octanol–water partition coefficient (Wildman–Crippen LogP) is 2.10. The van der Waals surface area contributed by atoms with Gasteiger partial charge in [0.1, 0.15) is 5.75 Å². The van der Waals surface area contributed by atoms with Crippen LogP contribution in [0.5, 0.6) is 5.75 Å². The van der Waals surface area contributed by atoms with Crippen LogP contribution in [0.2, 0.25) is 0 Å². The van der Waals surface area contributed by atoms with Crippen molar-refractivity contribution < 1.29 is 9.90 Å². The van der Waals surface area contributed by atoms with E-state index in [1.165, 1.54) is 0 Å². The van der Waals surface area contributed by atoms with E-state index in [-0.39, 0.29) is 17.1 Å². The standard InChI is InChI=1S/C13H19NO2/c1-13(2,3)12(16)14-8-7-10-5-4-6-11(15)9-10/h4-6,9,15H,7-8H2,1-3H3,(H,14,16). The Morgan fingerprint density at radius 3 is 2.62 bits per heavy atom. The second-order valence-electron chi connectivity index (χ2n) is 4.93. The number of hydrogen-bond donors (Lipinski definition) is 2. The molecule has 88 valence electrons. The fourth-order valence-corrected chi connectivity index (χ4v) is 1.30. The predicted molar refractivity (Wildman–Crippen MR) is 64.3 cm³/mol. The first-order valence-corrected chi connectivity index (χ1v) is 5.46. The Morgan fingerprint density at radius 2 is 2.06 bits per heavy atom. The number of benzene rings is 1. The van der Waals surface area contributed by atoms with Gasteiger partial charge in [0, 0.05) is 12.0 Å². The molecular weight excluding hydrogens is 202 g/mol. The molecule has 0 saturated carbocycles. The van der Waals surface area contributed by atoms with Gasteiger partial charge in [-0.25, -0.2) is 0 Å². The Bertz CT molecular complexity index is 366. The van der Waals surface area contributed by atoms with E-state index < -0.39 is 0 Å². The van der Waals surface area contributed by atoms with E-state index >= 15 is 0 Å². The molecular formula is C13H19NO2.